The van der Waals surface area contributed by atoms with Crippen LogP contribution in [-0.2, 0) is 6.42 Å². The van der Waals surface area contributed by atoms with Gasteiger partial charge in [0.15, 0.2) is 4.77 Å². The van der Waals surface area contributed by atoms with E-state index in [1.165, 1.54) is 0 Å². The van der Waals surface area contributed by atoms with Gasteiger partial charge in [0, 0.05) is 17.7 Å². The zero-order valence-corrected chi connectivity index (χ0v) is 10.6. The average Bonchev–Trinajstić information content (AvgIpc) is 2.36. The van der Waals surface area contributed by atoms with Crippen LogP contribution in [0.1, 0.15) is 22.4 Å². The Labute approximate surface area is 109 Å². The predicted molar refractivity (Wildman–Crippen MR) is 70.9 cm³/mol. The fraction of sp³-hybridized carbons (Fsp3) is 0.154. The van der Waals surface area contributed by atoms with Crippen molar-refractivity contribution in [3.63, 3.8) is 0 Å². The highest BCUT2D eigenvalue weighted by atomic mass is 32.1. The summed E-state index contributed by atoms with van der Waals surface area (Å²) in [7, 11) is 0. The third-order valence-corrected chi connectivity index (χ3v) is 2.95. The summed E-state index contributed by atoms with van der Waals surface area (Å²) < 4.78 is 0.328. The Morgan fingerprint density at radius 3 is 2.56 bits per heavy atom. The van der Waals surface area contributed by atoms with Crippen molar-refractivity contribution in [1.29, 1.82) is 5.26 Å². The molecule has 2 N–H and O–H groups in total. The first-order chi connectivity index (χ1) is 8.60. The molecule has 1 aromatic carbocycles. The van der Waals surface area contributed by atoms with Crippen LogP contribution in [0.3, 0.4) is 0 Å². The van der Waals surface area contributed by atoms with E-state index in [0.29, 0.717) is 22.3 Å². The number of hydrogen-bond donors (Lipinski definition) is 2. The average molecular weight is 257 g/mol. The lowest BCUT2D eigenvalue weighted by atomic mass is 10.1. The first kappa shape index (κ1) is 12.3. The molecule has 0 saturated carbocycles. The number of nitriles is 1. The Morgan fingerprint density at radius 1 is 1.28 bits per heavy atom. The van der Waals surface area contributed by atoms with E-state index >= 15 is 0 Å². The van der Waals surface area contributed by atoms with Crippen molar-refractivity contribution in [2.45, 2.75) is 13.3 Å². The highest BCUT2D eigenvalue weighted by Gasteiger charge is 2.04. The van der Waals surface area contributed by atoms with Gasteiger partial charge in [-0.1, -0.05) is 12.1 Å². The zero-order valence-electron chi connectivity index (χ0n) is 9.78. The summed E-state index contributed by atoms with van der Waals surface area (Å²) in [6, 6.07) is 9.32. The molecule has 1 aromatic heterocycles. The van der Waals surface area contributed by atoms with E-state index in [9.17, 15) is 4.79 Å². The Hall–Kier alpha value is -2.19. The van der Waals surface area contributed by atoms with Crippen LogP contribution in [0.2, 0.25) is 0 Å². The minimum Gasteiger partial charge on any atom is -0.335 e. The van der Waals surface area contributed by atoms with Gasteiger partial charge in [0.05, 0.1) is 11.6 Å². The molecule has 0 unspecified atom stereocenters. The predicted octanol–water partition coefficient (Wildman–Crippen LogP) is 2.20. The fourth-order valence-electron chi connectivity index (χ4n) is 1.67. The van der Waals surface area contributed by atoms with Gasteiger partial charge in [0.1, 0.15) is 0 Å². The van der Waals surface area contributed by atoms with Gasteiger partial charge >= 0.3 is 0 Å². The molecule has 0 atom stereocenters. The number of benzene rings is 1. The number of rotatable bonds is 2. The molecule has 0 aliphatic carbocycles. The number of nitrogens with one attached hydrogen (secondary N) is 2. The molecule has 0 aliphatic rings. The molecule has 0 fully saturated rings. The maximum atomic E-state index is 11.6. The van der Waals surface area contributed by atoms with Crippen molar-refractivity contribution >= 4 is 12.2 Å². The van der Waals surface area contributed by atoms with E-state index in [0.717, 1.165) is 11.3 Å². The minimum atomic E-state index is -0.164. The van der Waals surface area contributed by atoms with E-state index < -0.39 is 0 Å². The second-order valence-electron chi connectivity index (χ2n) is 4.00. The Kier molecular flexibility index (Phi) is 3.40. The SMILES string of the molecule is Cc1c(Cc2ccc(C#N)cc2)[nH]c(=S)[nH]c1=O. The van der Waals surface area contributed by atoms with E-state index in [1.807, 2.05) is 12.1 Å². The molecule has 5 heteroatoms. The second kappa shape index (κ2) is 4.98. The van der Waals surface area contributed by atoms with Gasteiger partial charge in [0.25, 0.3) is 5.56 Å². The molecule has 0 radical (unpaired) electrons. The van der Waals surface area contributed by atoms with E-state index in [-0.39, 0.29) is 5.56 Å². The largest absolute Gasteiger partial charge is 0.335 e. The molecule has 0 saturated heterocycles. The number of hydrogen-bond acceptors (Lipinski definition) is 3. The van der Waals surface area contributed by atoms with Crippen molar-refractivity contribution in [1.82, 2.24) is 9.97 Å². The van der Waals surface area contributed by atoms with Gasteiger partial charge in [-0.15, -0.1) is 0 Å². The van der Waals surface area contributed by atoms with Crippen LogP contribution in [0.15, 0.2) is 29.1 Å². The van der Waals surface area contributed by atoms with Crippen molar-refractivity contribution in [3.8, 4) is 6.07 Å². The lowest BCUT2D eigenvalue weighted by molar-refractivity contribution is 0.953. The van der Waals surface area contributed by atoms with Gasteiger partial charge in [-0.2, -0.15) is 5.26 Å². The summed E-state index contributed by atoms with van der Waals surface area (Å²) in [6.45, 7) is 1.75. The molecule has 1 heterocycles. The van der Waals surface area contributed by atoms with Crippen LogP contribution in [0.25, 0.3) is 0 Å². The normalized spacial score (nSPS) is 10.0. The summed E-state index contributed by atoms with van der Waals surface area (Å²) in [5.41, 5.74) is 2.91. The van der Waals surface area contributed by atoms with Crippen LogP contribution in [0, 0.1) is 23.0 Å². The number of nitrogens with zero attached hydrogens (tertiary/aromatic N) is 1. The van der Waals surface area contributed by atoms with Gasteiger partial charge < -0.3 is 4.98 Å². The maximum Gasteiger partial charge on any atom is 0.254 e. The summed E-state index contributed by atoms with van der Waals surface area (Å²) in [5.74, 6) is 0. The Bertz CT molecular complexity index is 720. The second-order valence-corrected chi connectivity index (χ2v) is 4.41. The Balaban J connectivity index is 2.37. The zero-order chi connectivity index (χ0) is 13.1. The smallest absolute Gasteiger partial charge is 0.254 e. The van der Waals surface area contributed by atoms with Crippen LogP contribution in [0.4, 0.5) is 0 Å². The third-order valence-electron chi connectivity index (χ3n) is 2.75. The van der Waals surface area contributed by atoms with E-state index in [2.05, 4.69) is 16.0 Å². The molecule has 0 aliphatic heterocycles. The van der Waals surface area contributed by atoms with Crippen LogP contribution >= 0.6 is 12.2 Å². The number of aromatic amines is 2. The van der Waals surface area contributed by atoms with E-state index in [4.69, 9.17) is 17.5 Å². The van der Waals surface area contributed by atoms with Gasteiger partial charge in [-0.05, 0) is 36.8 Å². The van der Waals surface area contributed by atoms with Gasteiger partial charge in [-0.3, -0.25) is 9.78 Å². The van der Waals surface area contributed by atoms with Crippen molar-refractivity contribution < 1.29 is 0 Å². The molecule has 90 valence electrons. The summed E-state index contributed by atoms with van der Waals surface area (Å²) >= 11 is 4.95. The van der Waals surface area contributed by atoms with Crippen LogP contribution in [0.5, 0.6) is 0 Å². The van der Waals surface area contributed by atoms with Crippen LogP contribution < -0.4 is 5.56 Å². The summed E-state index contributed by atoms with van der Waals surface area (Å²) in [4.78, 5) is 17.1. The van der Waals surface area contributed by atoms with Crippen molar-refractivity contribution in [2.24, 2.45) is 0 Å². The Morgan fingerprint density at radius 2 is 1.94 bits per heavy atom. The van der Waals surface area contributed by atoms with Crippen molar-refractivity contribution in [2.75, 3.05) is 0 Å². The first-order valence-corrected chi connectivity index (χ1v) is 5.82. The first-order valence-electron chi connectivity index (χ1n) is 5.41. The minimum absolute atomic E-state index is 0.164. The molecule has 0 amide bonds. The summed E-state index contributed by atoms with van der Waals surface area (Å²) in [5, 5.41) is 8.72. The molecule has 0 bridgehead atoms. The standard InChI is InChI=1S/C13H11N3OS/c1-8-11(15-13(18)16-12(8)17)6-9-2-4-10(7-14)5-3-9/h2-5H,6H2,1H3,(H2,15,16,17,18). The molecule has 2 rings (SSSR count). The maximum absolute atomic E-state index is 11.6. The topological polar surface area (TPSA) is 72.4 Å². The van der Waals surface area contributed by atoms with Crippen LogP contribution in [-0.4, -0.2) is 9.97 Å². The fourth-order valence-corrected chi connectivity index (χ4v) is 1.89. The molecule has 18 heavy (non-hydrogen) atoms. The third kappa shape index (κ3) is 2.55. The van der Waals surface area contributed by atoms with Crippen molar-refractivity contribution in [3.05, 3.63) is 61.8 Å². The lowest BCUT2D eigenvalue weighted by Crippen LogP contribution is -2.15. The van der Waals surface area contributed by atoms with Gasteiger partial charge in [0.2, 0.25) is 0 Å². The number of H-pyrrole nitrogens is 2. The van der Waals surface area contributed by atoms with E-state index in [1.54, 1.807) is 19.1 Å². The highest BCUT2D eigenvalue weighted by molar-refractivity contribution is 7.71. The molecular weight excluding hydrogens is 246 g/mol. The monoisotopic (exact) mass is 257 g/mol. The highest BCUT2D eigenvalue weighted by Crippen LogP contribution is 2.10. The lowest BCUT2D eigenvalue weighted by Gasteiger charge is -2.05. The quantitative estimate of drug-likeness (QED) is 0.810. The molecule has 4 nitrogen and oxygen atoms in total. The summed E-state index contributed by atoms with van der Waals surface area (Å²) in [6.07, 6.45) is 0.588. The molecule has 0 spiro atoms. The molecule has 2 aromatic rings. The number of aromatic nitrogens is 2. The molecular formula is C13H11N3OS. The van der Waals surface area contributed by atoms with Gasteiger partial charge in [-0.25, -0.2) is 0 Å².